The first-order valence-electron chi connectivity index (χ1n) is 7.80. The van der Waals surface area contributed by atoms with Gasteiger partial charge in [-0.25, -0.2) is 0 Å². The summed E-state index contributed by atoms with van der Waals surface area (Å²) >= 11 is 0. The summed E-state index contributed by atoms with van der Waals surface area (Å²) in [6.45, 7) is 5.74. The lowest BCUT2D eigenvalue weighted by molar-refractivity contribution is -0.384. The molecule has 1 heterocycles. The van der Waals surface area contributed by atoms with E-state index >= 15 is 0 Å². The molecule has 2 aromatic carbocycles. The molecule has 6 heteroatoms. The normalized spacial score (nSPS) is 15.6. The van der Waals surface area contributed by atoms with Crippen LogP contribution in [0.3, 0.4) is 0 Å². The molecule has 1 aliphatic rings. The first-order chi connectivity index (χ1) is 11.9. The fraction of sp³-hybridized carbons (Fsp3) is 0.158. The summed E-state index contributed by atoms with van der Waals surface area (Å²) in [5.74, 6) is -0.243. The molecule has 126 valence electrons. The van der Waals surface area contributed by atoms with Gasteiger partial charge >= 0.3 is 0 Å². The number of carbonyl (C=O) groups is 1. The second kappa shape index (κ2) is 6.32. The highest BCUT2D eigenvalue weighted by molar-refractivity contribution is 6.32. The average molecular weight is 335 g/mol. The summed E-state index contributed by atoms with van der Waals surface area (Å²) in [7, 11) is 0. The lowest BCUT2D eigenvalue weighted by atomic mass is 10.1. The molecular formula is C19H17N3O3. The van der Waals surface area contributed by atoms with Gasteiger partial charge in [-0.05, 0) is 55.7 Å². The van der Waals surface area contributed by atoms with Crippen LogP contribution in [0.5, 0.6) is 0 Å². The number of hydrazone groups is 1. The monoisotopic (exact) mass is 335 g/mol. The molecule has 6 nitrogen and oxygen atoms in total. The minimum Gasteiger partial charge on any atom is -0.267 e. The maximum atomic E-state index is 12.7. The lowest BCUT2D eigenvalue weighted by Gasteiger charge is -2.13. The van der Waals surface area contributed by atoms with Crippen LogP contribution < -0.4 is 5.01 Å². The number of carbonyl (C=O) groups excluding carboxylic acids is 1. The van der Waals surface area contributed by atoms with Crippen molar-refractivity contribution >= 4 is 29.1 Å². The molecule has 1 aliphatic heterocycles. The van der Waals surface area contributed by atoms with Crippen molar-refractivity contribution in [2.24, 2.45) is 5.10 Å². The SMILES string of the molecule is CC1=NN(c2ccc(C)c(C)c2)C(=O)/C1=C\c1cccc([N+](=O)[O-])c1. The van der Waals surface area contributed by atoms with Crippen molar-refractivity contribution in [3.05, 3.63) is 74.8 Å². The van der Waals surface area contributed by atoms with E-state index in [1.54, 1.807) is 25.1 Å². The molecule has 25 heavy (non-hydrogen) atoms. The average Bonchev–Trinajstić information content (AvgIpc) is 2.86. The number of hydrogen-bond acceptors (Lipinski definition) is 4. The number of aryl methyl sites for hydroxylation is 2. The van der Waals surface area contributed by atoms with E-state index in [0.717, 1.165) is 11.1 Å². The van der Waals surface area contributed by atoms with Crippen LogP contribution in [0.15, 0.2) is 53.1 Å². The third-order valence-corrected chi connectivity index (χ3v) is 4.19. The first-order valence-corrected chi connectivity index (χ1v) is 7.80. The van der Waals surface area contributed by atoms with Crippen LogP contribution in [0.25, 0.3) is 6.08 Å². The number of benzene rings is 2. The number of nitro benzene ring substituents is 1. The second-order valence-electron chi connectivity index (χ2n) is 5.98. The van der Waals surface area contributed by atoms with Gasteiger partial charge in [-0.2, -0.15) is 10.1 Å². The zero-order chi connectivity index (χ0) is 18.1. The fourth-order valence-electron chi connectivity index (χ4n) is 2.61. The van der Waals surface area contributed by atoms with E-state index in [9.17, 15) is 14.9 Å². The van der Waals surface area contributed by atoms with Crippen LogP contribution in [0.1, 0.15) is 23.6 Å². The van der Waals surface area contributed by atoms with Crippen molar-refractivity contribution in [3.8, 4) is 0 Å². The van der Waals surface area contributed by atoms with Crippen molar-refractivity contribution in [1.82, 2.24) is 0 Å². The van der Waals surface area contributed by atoms with E-state index in [0.29, 0.717) is 22.5 Å². The van der Waals surface area contributed by atoms with Crippen LogP contribution in [-0.2, 0) is 4.79 Å². The number of nitrogens with zero attached hydrogens (tertiary/aromatic N) is 3. The van der Waals surface area contributed by atoms with Crippen LogP contribution in [0.4, 0.5) is 11.4 Å². The first kappa shape index (κ1) is 16.6. The Bertz CT molecular complexity index is 945. The molecule has 1 amide bonds. The van der Waals surface area contributed by atoms with Crippen molar-refractivity contribution in [3.63, 3.8) is 0 Å². The van der Waals surface area contributed by atoms with Gasteiger partial charge in [0.15, 0.2) is 0 Å². The molecule has 3 rings (SSSR count). The van der Waals surface area contributed by atoms with Crippen LogP contribution >= 0.6 is 0 Å². The third kappa shape index (κ3) is 3.19. The number of nitro groups is 1. The molecule has 2 aromatic rings. The molecule has 0 saturated heterocycles. The topological polar surface area (TPSA) is 75.8 Å². The Balaban J connectivity index is 1.96. The molecule has 0 aliphatic carbocycles. The highest BCUT2D eigenvalue weighted by Crippen LogP contribution is 2.27. The van der Waals surface area contributed by atoms with E-state index in [2.05, 4.69) is 5.10 Å². The minimum absolute atomic E-state index is 0.0135. The van der Waals surface area contributed by atoms with Gasteiger partial charge < -0.3 is 0 Å². The lowest BCUT2D eigenvalue weighted by Crippen LogP contribution is -2.21. The molecule has 0 bridgehead atoms. The predicted molar refractivity (Wildman–Crippen MR) is 97.6 cm³/mol. The largest absolute Gasteiger partial charge is 0.280 e. The van der Waals surface area contributed by atoms with Gasteiger partial charge in [0.25, 0.3) is 11.6 Å². The summed E-state index contributed by atoms with van der Waals surface area (Å²) in [5.41, 5.74) is 4.51. The summed E-state index contributed by atoms with van der Waals surface area (Å²) < 4.78 is 0. The van der Waals surface area contributed by atoms with E-state index in [1.165, 1.54) is 17.1 Å². The van der Waals surface area contributed by atoms with E-state index in [1.807, 2.05) is 32.0 Å². The molecule has 0 atom stereocenters. The fourth-order valence-corrected chi connectivity index (χ4v) is 2.61. The predicted octanol–water partition coefficient (Wildman–Crippen LogP) is 4.02. The van der Waals surface area contributed by atoms with Crippen molar-refractivity contribution in [2.75, 3.05) is 5.01 Å². The highest BCUT2D eigenvalue weighted by Gasteiger charge is 2.28. The van der Waals surface area contributed by atoms with Gasteiger partial charge in [-0.3, -0.25) is 14.9 Å². The Kier molecular flexibility index (Phi) is 4.19. The van der Waals surface area contributed by atoms with Gasteiger partial charge in [0.2, 0.25) is 0 Å². The van der Waals surface area contributed by atoms with Crippen LogP contribution in [0.2, 0.25) is 0 Å². The van der Waals surface area contributed by atoms with Gasteiger partial charge in [0.1, 0.15) is 0 Å². The molecule has 0 N–H and O–H groups in total. The van der Waals surface area contributed by atoms with E-state index < -0.39 is 4.92 Å². The second-order valence-corrected chi connectivity index (χ2v) is 5.98. The Morgan fingerprint density at radius 2 is 1.84 bits per heavy atom. The molecule has 0 saturated carbocycles. The summed E-state index contributed by atoms with van der Waals surface area (Å²) in [4.78, 5) is 23.2. The molecule has 0 radical (unpaired) electrons. The van der Waals surface area contributed by atoms with Gasteiger partial charge in [0, 0.05) is 12.1 Å². The summed E-state index contributed by atoms with van der Waals surface area (Å²) in [5, 5.41) is 16.6. The molecule has 0 fully saturated rings. The van der Waals surface area contributed by atoms with Crippen LogP contribution in [0, 0.1) is 24.0 Å². The maximum Gasteiger partial charge on any atom is 0.280 e. The number of hydrogen-bond donors (Lipinski definition) is 0. The quantitative estimate of drug-likeness (QED) is 0.483. The zero-order valence-electron chi connectivity index (χ0n) is 14.2. The Hall–Kier alpha value is -3.28. The maximum absolute atomic E-state index is 12.7. The Labute approximate surface area is 145 Å². The van der Waals surface area contributed by atoms with E-state index in [-0.39, 0.29) is 11.6 Å². The van der Waals surface area contributed by atoms with Crippen LogP contribution in [-0.4, -0.2) is 16.5 Å². The number of rotatable bonds is 3. The van der Waals surface area contributed by atoms with E-state index in [4.69, 9.17) is 0 Å². The molecular weight excluding hydrogens is 318 g/mol. The molecule has 0 aromatic heterocycles. The Morgan fingerprint density at radius 1 is 1.08 bits per heavy atom. The smallest absolute Gasteiger partial charge is 0.267 e. The van der Waals surface area contributed by atoms with Crippen molar-refractivity contribution in [2.45, 2.75) is 20.8 Å². The van der Waals surface area contributed by atoms with Gasteiger partial charge in [-0.15, -0.1) is 0 Å². The Morgan fingerprint density at radius 3 is 2.52 bits per heavy atom. The minimum atomic E-state index is -0.458. The summed E-state index contributed by atoms with van der Waals surface area (Å²) in [6.07, 6.45) is 1.63. The van der Waals surface area contributed by atoms with Gasteiger partial charge in [-0.1, -0.05) is 18.2 Å². The standard InChI is InChI=1S/C19H17N3O3/c1-12-7-8-16(9-13(12)2)21-19(23)18(14(3)20-21)11-15-5-4-6-17(10-15)22(24)25/h4-11H,1-3H3/b18-11-. The zero-order valence-corrected chi connectivity index (χ0v) is 14.2. The molecule has 0 spiro atoms. The number of non-ortho nitro benzene ring substituents is 1. The number of anilines is 1. The molecule has 0 unspecified atom stereocenters. The van der Waals surface area contributed by atoms with Crippen molar-refractivity contribution in [1.29, 1.82) is 0 Å². The number of amides is 1. The van der Waals surface area contributed by atoms with Crippen molar-refractivity contribution < 1.29 is 9.72 Å². The third-order valence-electron chi connectivity index (χ3n) is 4.19. The summed E-state index contributed by atoms with van der Waals surface area (Å²) in [6, 6.07) is 11.9. The highest BCUT2D eigenvalue weighted by atomic mass is 16.6. The van der Waals surface area contributed by atoms with Gasteiger partial charge in [0.05, 0.1) is 21.9 Å².